The first kappa shape index (κ1) is 17.5. The Balaban J connectivity index is 1.90. The van der Waals surface area contributed by atoms with Crippen molar-refractivity contribution in [3.05, 3.63) is 47.2 Å². The van der Waals surface area contributed by atoms with Crippen molar-refractivity contribution in [2.75, 3.05) is 13.2 Å². The number of urea groups is 1. The average molecular weight is 344 g/mol. The molecular formula is C19H26N3O3+. The van der Waals surface area contributed by atoms with Gasteiger partial charge in [0.05, 0.1) is 30.0 Å². The van der Waals surface area contributed by atoms with E-state index in [0.717, 1.165) is 5.56 Å². The summed E-state index contributed by atoms with van der Waals surface area (Å²) in [6.45, 7) is 2.67. The molecule has 25 heavy (non-hydrogen) atoms. The molecule has 1 fully saturated rings. The van der Waals surface area contributed by atoms with Crippen molar-refractivity contribution in [1.82, 2.24) is 10.6 Å². The van der Waals surface area contributed by atoms with Crippen LogP contribution in [0.4, 0.5) is 4.79 Å². The van der Waals surface area contributed by atoms with E-state index < -0.39 is 6.04 Å². The van der Waals surface area contributed by atoms with Gasteiger partial charge in [-0.1, -0.05) is 30.3 Å². The first-order valence-corrected chi connectivity index (χ1v) is 9.05. The van der Waals surface area contributed by atoms with Crippen molar-refractivity contribution >= 4 is 12.0 Å². The van der Waals surface area contributed by atoms with Crippen LogP contribution in [0.15, 0.2) is 41.6 Å². The highest BCUT2D eigenvalue weighted by Crippen LogP contribution is 2.27. The summed E-state index contributed by atoms with van der Waals surface area (Å²) < 4.78 is 5.27. The summed E-state index contributed by atoms with van der Waals surface area (Å²) in [5, 5.41) is 7.92. The summed E-state index contributed by atoms with van der Waals surface area (Å²) in [7, 11) is 0. The highest BCUT2D eigenvalue weighted by Gasteiger charge is 2.34. The third-order valence-corrected chi connectivity index (χ3v) is 4.84. The lowest BCUT2D eigenvalue weighted by Crippen LogP contribution is -2.90. The number of ether oxygens (including phenoxy) is 1. The number of esters is 1. The molecule has 6 heteroatoms. The molecule has 4 N–H and O–H groups in total. The number of rotatable bonds is 6. The topological polar surface area (TPSA) is 84.0 Å². The van der Waals surface area contributed by atoms with Crippen LogP contribution in [0.1, 0.15) is 44.2 Å². The largest absolute Gasteiger partial charge is 0.463 e. The number of quaternary nitrogens is 1. The fraction of sp³-hybridized carbons (Fsp3) is 0.474. The molecule has 1 heterocycles. The molecule has 0 aromatic heterocycles. The predicted molar refractivity (Wildman–Crippen MR) is 93.6 cm³/mol. The molecule has 0 bridgehead atoms. The Morgan fingerprint density at radius 2 is 1.96 bits per heavy atom. The molecule has 0 unspecified atom stereocenters. The maximum absolute atomic E-state index is 12.6. The van der Waals surface area contributed by atoms with E-state index in [1.165, 1.54) is 25.7 Å². The molecule has 134 valence electrons. The Kier molecular flexibility index (Phi) is 5.71. The van der Waals surface area contributed by atoms with Crippen LogP contribution in [0.3, 0.4) is 0 Å². The van der Waals surface area contributed by atoms with Crippen LogP contribution in [0.2, 0.25) is 0 Å². The van der Waals surface area contributed by atoms with Crippen molar-refractivity contribution in [3.63, 3.8) is 0 Å². The summed E-state index contributed by atoms with van der Waals surface area (Å²) >= 11 is 0. The first-order chi connectivity index (χ1) is 12.2. The van der Waals surface area contributed by atoms with E-state index in [2.05, 4.69) is 16.0 Å². The van der Waals surface area contributed by atoms with E-state index in [4.69, 9.17) is 4.74 Å². The van der Waals surface area contributed by atoms with Gasteiger partial charge in [0, 0.05) is 0 Å². The van der Waals surface area contributed by atoms with Crippen LogP contribution in [0.5, 0.6) is 0 Å². The second-order valence-electron chi connectivity index (χ2n) is 6.54. The predicted octanol–water partition coefficient (Wildman–Crippen LogP) is 1.36. The van der Waals surface area contributed by atoms with Crippen LogP contribution in [-0.2, 0) is 9.53 Å². The Hall–Kier alpha value is -2.34. The van der Waals surface area contributed by atoms with Crippen LogP contribution < -0.4 is 16.0 Å². The van der Waals surface area contributed by atoms with Gasteiger partial charge in [-0.2, -0.15) is 0 Å². The summed E-state index contributed by atoms with van der Waals surface area (Å²) in [6.07, 6.45) is 4.89. The van der Waals surface area contributed by atoms with Crippen molar-refractivity contribution in [3.8, 4) is 0 Å². The third-order valence-electron chi connectivity index (χ3n) is 4.84. The zero-order valence-corrected chi connectivity index (χ0v) is 14.6. The number of hydrogen-bond donors (Lipinski definition) is 3. The molecule has 6 nitrogen and oxygen atoms in total. The first-order valence-electron chi connectivity index (χ1n) is 9.05. The van der Waals surface area contributed by atoms with E-state index in [1.807, 2.05) is 30.3 Å². The highest BCUT2D eigenvalue weighted by molar-refractivity contribution is 5.95. The number of hydrogen-bond acceptors (Lipinski definition) is 3. The van der Waals surface area contributed by atoms with Crippen LogP contribution in [0.25, 0.3) is 0 Å². The molecular weight excluding hydrogens is 318 g/mol. The van der Waals surface area contributed by atoms with Gasteiger partial charge >= 0.3 is 12.0 Å². The van der Waals surface area contributed by atoms with Gasteiger partial charge in [-0.3, -0.25) is 0 Å². The third kappa shape index (κ3) is 4.20. The quantitative estimate of drug-likeness (QED) is 0.682. The van der Waals surface area contributed by atoms with Gasteiger partial charge in [-0.15, -0.1) is 0 Å². The summed E-state index contributed by atoms with van der Waals surface area (Å²) in [5.41, 5.74) is 2.03. The van der Waals surface area contributed by atoms with Crippen molar-refractivity contribution < 1.29 is 19.6 Å². The fourth-order valence-corrected chi connectivity index (χ4v) is 3.60. The Morgan fingerprint density at radius 1 is 1.24 bits per heavy atom. The number of nitrogens with one attached hydrogen (secondary N) is 2. The number of carbonyl (C=O) groups excluding carboxylic acids is 2. The zero-order valence-electron chi connectivity index (χ0n) is 14.6. The second-order valence-corrected chi connectivity index (χ2v) is 6.54. The molecule has 0 radical (unpaired) electrons. The molecule has 1 atom stereocenters. The highest BCUT2D eigenvalue weighted by atomic mass is 16.5. The lowest BCUT2D eigenvalue weighted by atomic mass is 9.95. The SMILES string of the molecule is CCOC(=O)C1=C(C[NH2+]C2CCCC2)NC(=O)N[C@H]1c1ccccc1. The summed E-state index contributed by atoms with van der Waals surface area (Å²) in [6, 6.07) is 9.33. The van der Waals surface area contributed by atoms with Gasteiger partial charge in [-0.05, 0) is 38.2 Å². The Bertz CT molecular complexity index is 651. The van der Waals surface area contributed by atoms with Gasteiger partial charge in [0.15, 0.2) is 0 Å². The number of amides is 2. The van der Waals surface area contributed by atoms with Crippen LogP contribution in [-0.4, -0.2) is 31.2 Å². The van der Waals surface area contributed by atoms with Crippen LogP contribution >= 0.6 is 0 Å². The molecule has 3 rings (SSSR count). The standard InChI is InChI=1S/C19H25N3O3/c1-2-25-18(23)16-15(12-20-14-10-6-7-11-14)21-19(24)22-17(16)13-8-4-3-5-9-13/h3-5,8-9,14,17,20H,2,6-7,10-12H2,1H3,(H2,21,22,24)/p+1/t17-/m0/s1. The van der Waals surface area contributed by atoms with E-state index in [0.29, 0.717) is 30.5 Å². The second kappa shape index (κ2) is 8.16. The minimum absolute atomic E-state index is 0.281. The molecule has 1 aromatic rings. The normalized spacial score (nSPS) is 21.0. The minimum atomic E-state index is -0.485. The maximum Gasteiger partial charge on any atom is 0.338 e. The number of carbonyl (C=O) groups is 2. The lowest BCUT2D eigenvalue weighted by molar-refractivity contribution is -0.681. The van der Waals surface area contributed by atoms with Crippen molar-refractivity contribution in [2.24, 2.45) is 0 Å². The molecule has 1 aliphatic carbocycles. The van der Waals surface area contributed by atoms with E-state index in [1.54, 1.807) is 6.92 Å². The Morgan fingerprint density at radius 3 is 2.64 bits per heavy atom. The van der Waals surface area contributed by atoms with E-state index >= 15 is 0 Å². The molecule has 2 aliphatic rings. The van der Waals surface area contributed by atoms with Crippen LogP contribution in [0, 0.1) is 0 Å². The van der Waals surface area contributed by atoms with E-state index in [-0.39, 0.29) is 12.0 Å². The molecule has 1 aromatic carbocycles. The summed E-state index contributed by atoms with van der Waals surface area (Å²) in [5.74, 6) is -0.376. The molecule has 2 amide bonds. The zero-order chi connectivity index (χ0) is 17.6. The van der Waals surface area contributed by atoms with Gasteiger partial charge < -0.3 is 20.7 Å². The van der Waals surface area contributed by atoms with Gasteiger partial charge in [-0.25, -0.2) is 9.59 Å². The smallest absolute Gasteiger partial charge is 0.338 e. The van der Waals surface area contributed by atoms with Crippen molar-refractivity contribution in [2.45, 2.75) is 44.7 Å². The molecule has 0 spiro atoms. The number of nitrogens with two attached hydrogens (primary N) is 1. The molecule has 1 aliphatic heterocycles. The van der Waals surface area contributed by atoms with E-state index in [9.17, 15) is 9.59 Å². The Labute approximate surface area is 148 Å². The van der Waals surface area contributed by atoms with Gasteiger partial charge in [0.2, 0.25) is 0 Å². The van der Waals surface area contributed by atoms with Gasteiger partial charge in [0.1, 0.15) is 6.54 Å². The average Bonchev–Trinajstić information content (AvgIpc) is 3.14. The molecule has 1 saturated carbocycles. The monoisotopic (exact) mass is 344 g/mol. The molecule has 0 saturated heterocycles. The number of benzene rings is 1. The lowest BCUT2D eigenvalue weighted by Gasteiger charge is -2.29. The summed E-state index contributed by atoms with van der Waals surface area (Å²) in [4.78, 5) is 24.8. The fourth-order valence-electron chi connectivity index (χ4n) is 3.60. The van der Waals surface area contributed by atoms with Gasteiger partial charge in [0.25, 0.3) is 0 Å². The minimum Gasteiger partial charge on any atom is -0.463 e. The van der Waals surface area contributed by atoms with Crippen molar-refractivity contribution in [1.29, 1.82) is 0 Å². The maximum atomic E-state index is 12.6.